The van der Waals surface area contributed by atoms with Gasteiger partial charge in [-0.05, 0) is 23.6 Å². The van der Waals surface area contributed by atoms with E-state index in [4.69, 9.17) is 5.73 Å². The largest absolute Gasteiger partial charge is 0.368 e. The Hall–Kier alpha value is -1.89. The van der Waals surface area contributed by atoms with Gasteiger partial charge in [-0.2, -0.15) is 0 Å². The van der Waals surface area contributed by atoms with Crippen molar-refractivity contribution in [2.75, 3.05) is 0 Å². The lowest BCUT2D eigenvalue weighted by atomic mass is 10.0. The Kier molecular flexibility index (Phi) is 4.95. The average molecular weight is 334 g/mol. The highest BCUT2D eigenvalue weighted by molar-refractivity contribution is 8.00. The number of nitrogens with two attached hydrogens (primary N) is 1. The maximum Gasteiger partial charge on any atom is 0.235 e. The summed E-state index contributed by atoms with van der Waals surface area (Å²) in [5, 5.41) is 6.97. The number of aromatic nitrogens is 3. The molecule has 5 nitrogen and oxygen atoms in total. The highest BCUT2D eigenvalue weighted by atomic mass is 32.2. The van der Waals surface area contributed by atoms with Crippen molar-refractivity contribution in [2.45, 2.75) is 42.5 Å². The van der Waals surface area contributed by atoms with Crippen LogP contribution in [-0.4, -0.2) is 21.1 Å². The lowest BCUT2D eigenvalue weighted by Gasteiger charge is -2.11. The van der Waals surface area contributed by atoms with E-state index < -0.39 is 11.2 Å². The minimum atomic E-state index is -0.634. The number of hydrogen-bond acceptors (Lipinski definition) is 4. The van der Waals surface area contributed by atoms with Gasteiger partial charge in [0.05, 0.1) is 0 Å². The van der Waals surface area contributed by atoms with Gasteiger partial charge in [0.25, 0.3) is 0 Å². The van der Waals surface area contributed by atoms with Gasteiger partial charge in [0, 0.05) is 6.42 Å². The molecule has 2 aromatic rings. The molecule has 1 aromatic carbocycles. The third-order valence-corrected chi connectivity index (χ3v) is 5.26. The Labute approximate surface area is 138 Å². The summed E-state index contributed by atoms with van der Waals surface area (Å²) in [6, 6.07) is 5.75. The van der Waals surface area contributed by atoms with E-state index in [1.807, 2.05) is 0 Å². The van der Waals surface area contributed by atoms with Crippen molar-refractivity contribution in [3.8, 4) is 0 Å². The lowest BCUT2D eigenvalue weighted by molar-refractivity contribution is -0.117. The average Bonchev–Trinajstić information content (AvgIpc) is 3.18. The number of rotatable bonds is 6. The number of halogens is 1. The van der Waals surface area contributed by atoms with Crippen LogP contribution in [0.2, 0.25) is 0 Å². The Morgan fingerprint density at radius 2 is 2.04 bits per heavy atom. The normalized spacial score (nSPS) is 16.6. The second-order valence-corrected chi connectivity index (χ2v) is 6.94. The third-order valence-electron chi connectivity index (χ3n) is 4.12. The van der Waals surface area contributed by atoms with Crippen LogP contribution in [0.3, 0.4) is 0 Å². The molecule has 3 N–H and O–H groups in total. The summed E-state index contributed by atoms with van der Waals surface area (Å²) in [6.45, 7) is 0. The molecule has 23 heavy (non-hydrogen) atoms. The fourth-order valence-corrected chi connectivity index (χ4v) is 3.82. The van der Waals surface area contributed by atoms with Crippen LogP contribution in [-0.2, 0) is 11.2 Å². The van der Waals surface area contributed by atoms with Crippen LogP contribution < -0.4 is 5.73 Å². The zero-order valence-electron chi connectivity index (χ0n) is 12.7. The number of carbonyl (C=O) groups is 1. The molecule has 0 unspecified atom stereocenters. The van der Waals surface area contributed by atoms with E-state index in [0.717, 1.165) is 12.2 Å². The predicted molar refractivity (Wildman–Crippen MR) is 86.2 cm³/mol. The predicted octanol–water partition coefficient (Wildman–Crippen LogP) is 3.00. The van der Waals surface area contributed by atoms with Gasteiger partial charge in [-0.3, -0.25) is 9.89 Å². The summed E-state index contributed by atoms with van der Waals surface area (Å²) < 4.78 is 13.0. The summed E-state index contributed by atoms with van der Waals surface area (Å²) >= 11 is 1.18. The smallest absolute Gasteiger partial charge is 0.235 e. The van der Waals surface area contributed by atoms with Crippen molar-refractivity contribution in [1.29, 1.82) is 0 Å². The minimum absolute atomic E-state index is 0.348. The number of carbonyl (C=O) groups excluding carboxylic acids is 1. The van der Waals surface area contributed by atoms with Crippen LogP contribution in [0.1, 0.15) is 42.3 Å². The molecule has 7 heteroatoms. The van der Waals surface area contributed by atoms with Crippen LogP contribution in [0.5, 0.6) is 0 Å². The monoisotopic (exact) mass is 334 g/mol. The molecule has 1 atom stereocenters. The maximum atomic E-state index is 13.0. The topological polar surface area (TPSA) is 84.7 Å². The molecule has 0 spiro atoms. The first kappa shape index (κ1) is 16.0. The first-order chi connectivity index (χ1) is 11.1. The fraction of sp³-hybridized carbons (Fsp3) is 0.438. The molecule has 0 aliphatic heterocycles. The maximum absolute atomic E-state index is 13.0. The fourth-order valence-electron chi connectivity index (χ4n) is 2.94. The number of amides is 1. The number of nitrogens with one attached hydrogen (secondary N) is 1. The standard InChI is InChI=1S/C16H19FN4OS/c17-12-7-5-11(6-8-12)14(15(18)22)23-16-19-13(20-21-16)9-10-3-1-2-4-10/h5-8,10,14H,1-4,9H2,(H2,18,22)(H,19,20,21)/t14-/m1/s1. The summed E-state index contributed by atoms with van der Waals surface area (Å²) in [5.41, 5.74) is 6.12. The number of primary amides is 1. The molecule has 1 aliphatic rings. The molecule has 1 heterocycles. The van der Waals surface area contributed by atoms with Gasteiger partial charge >= 0.3 is 0 Å². The second kappa shape index (κ2) is 7.12. The first-order valence-electron chi connectivity index (χ1n) is 7.74. The SMILES string of the molecule is NC(=O)[C@H](Sc1n[nH]c(CC2CCCC2)n1)c1ccc(F)cc1. The Balaban J connectivity index is 1.69. The number of thioether (sulfide) groups is 1. The molecule has 3 rings (SSSR count). The van der Waals surface area contributed by atoms with E-state index in [1.54, 1.807) is 12.1 Å². The lowest BCUT2D eigenvalue weighted by Crippen LogP contribution is -2.19. The molecule has 0 saturated heterocycles. The molecule has 122 valence electrons. The molecule has 1 amide bonds. The molecule has 1 fully saturated rings. The van der Waals surface area contributed by atoms with Gasteiger partial charge in [-0.1, -0.05) is 49.6 Å². The molecule has 1 saturated carbocycles. The summed E-state index contributed by atoms with van der Waals surface area (Å²) in [5.74, 6) is 0.675. The zero-order valence-corrected chi connectivity index (χ0v) is 13.5. The Morgan fingerprint density at radius 3 is 2.70 bits per heavy atom. The quantitative estimate of drug-likeness (QED) is 0.795. The highest BCUT2D eigenvalue weighted by Gasteiger charge is 2.23. The van der Waals surface area contributed by atoms with Crippen molar-refractivity contribution in [3.63, 3.8) is 0 Å². The Bertz CT molecular complexity index is 667. The molecular formula is C16H19FN4OS. The zero-order chi connectivity index (χ0) is 16.2. The number of benzene rings is 1. The van der Waals surface area contributed by atoms with Gasteiger partial charge in [-0.25, -0.2) is 9.37 Å². The molecule has 0 radical (unpaired) electrons. The molecule has 1 aliphatic carbocycles. The van der Waals surface area contributed by atoms with Crippen LogP contribution in [0, 0.1) is 11.7 Å². The minimum Gasteiger partial charge on any atom is -0.368 e. The van der Waals surface area contributed by atoms with Gasteiger partial charge in [-0.15, -0.1) is 5.10 Å². The van der Waals surface area contributed by atoms with Gasteiger partial charge < -0.3 is 5.73 Å². The first-order valence-corrected chi connectivity index (χ1v) is 8.62. The van der Waals surface area contributed by atoms with Crippen molar-refractivity contribution < 1.29 is 9.18 Å². The van der Waals surface area contributed by atoms with Crippen molar-refractivity contribution in [2.24, 2.45) is 11.7 Å². The Morgan fingerprint density at radius 1 is 1.35 bits per heavy atom. The van der Waals surface area contributed by atoms with Crippen molar-refractivity contribution >= 4 is 17.7 Å². The van der Waals surface area contributed by atoms with E-state index in [1.165, 1.54) is 49.6 Å². The second-order valence-electron chi connectivity index (χ2n) is 5.87. The third kappa shape index (κ3) is 4.10. The number of nitrogens with zero attached hydrogens (tertiary/aromatic N) is 2. The molecular weight excluding hydrogens is 315 g/mol. The van der Waals surface area contributed by atoms with Gasteiger partial charge in [0.15, 0.2) is 0 Å². The van der Waals surface area contributed by atoms with Gasteiger partial charge in [0.2, 0.25) is 11.1 Å². The van der Waals surface area contributed by atoms with E-state index in [-0.39, 0.29) is 5.82 Å². The van der Waals surface area contributed by atoms with Gasteiger partial charge in [0.1, 0.15) is 16.9 Å². The highest BCUT2D eigenvalue weighted by Crippen LogP contribution is 2.33. The summed E-state index contributed by atoms with van der Waals surface area (Å²) in [4.78, 5) is 16.2. The van der Waals surface area contributed by atoms with E-state index in [9.17, 15) is 9.18 Å². The number of H-pyrrole nitrogens is 1. The van der Waals surface area contributed by atoms with Crippen molar-refractivity contribution in [1.82, 2.24) is 15.2 Å². The van der Waals surface area contributed by atoms with Crippen LogP contribution >= 0.6 is 11.8 Å². The van der Waals surface area contributed by atoms with Crippen LogP contribution in [0.25, 0.3) is 0 Å². The number of aromatic amines is 1. The van der Waals surface area contributed by atoms with Crippen LogP contribution in [0.4, 0.5) is 4.39 Å². The van der Waals surface area contributed by atoms with E-state index in [2.05, 4.69) is 15.2 Å². The van der Waals surface area contributed by atoms with Crippen LogP contribution in [0.15, 0.2) is 29.4 Å². The molecule has 1 aromatic heterocycles. The summed E-state index contributed by atoms with van der Waals surface area (Å²) in [6.07, 6.45) is 5.94. The van der Waals surface area contributed by atoms with E-state index in [0.29, 0.717) is 16.6 Å². The van der Waals surface area contributed by atoms with E-state index >= 15 is 0 Å². The van der Waals surface area contributed by atoms with Crippen molar-refractivity contribution in [3.05, 3.63) is 41.5 Å². The summed E-state index contributed by atoms with van der Waals surface area (Å²) in [7, 11) is 0. The number of hydrogen-bond donors (Lipinski definition) is 2. The molecule has 0 bridgehead atoms.